The third-order valence-electron chi connectivity index (χ3n) is 1.92. The molecule has 1 heterocycles. The van der Waals surface area contributed by atoms with Crippen LogP contribution in [0, 0.1) is 0 Å². The van der Waals surface area contributed by atoms with Crippen molar-refractivity contribution in [2.45, 2.75) is 24.6 Å². The Balaban J connectivity index is 2.72. The highest BCUT2D eigenvalue weighted by Crippen LogP contribution is 2.17. The maximum atomic E-state index is 11.1. The molecule has 1 aliphatic rings. The van der Waals surface area contributed by atoms with Gasteiger partial charge >= 0.3 is 0 Å². The number of hydrogen-bond acceptors (Lipinski definition) is 6. The predicted molar refractivity (Wildman–Crippen MR) is 39.8 cm³/mol. The fourth-order valence-corrected chi connectivity index (χ4v) is 1.14. The molecular formula is C7H12O6. The zero-order valence-electron chi connectivity index (χ0n) is 7.08. The molecule has 76 valence electrons. The van der Waals surface area contributed by atoms with E-state index in [2.05, 4.69) is 4.74 Å². The minimum Gasteiger partial charge on any atom is -0.394 e. The van der Waals surface area contributed by atoms with Crippen molar-refractivity contribution in [2.24, 2.45) is 0 Å². The monoisotopic (exact) mass is 192 g/mol. The fraction of sp³-hybridized carbons (Fsp3) is 0.857. The molecule has 4 atom stereocenters. The number of carbonyl (C=O) groups is 1. The molecule has 0 spiro atoms. The molecule has 6 nitrogen and oxygen atoms in total. The number of hydrogen-bond donors (Lipinski definition) is 3. The average molecular weight is 192 g/mol. The van der Waals surface area contributed by atoms with Crippen molar-refractivity contribution in [1.82, 2.24) is 0 Å². The van der Waals surface area contributed by atoms with E-state index < -0.39 is 37.0 Å². The molecule has 0 bridgehead atoms. The Morgan fingerprint density at radius 1 is 1.54 bits per heavy atom. The van der Waals surface area contributed by atoms with Gasteiger partial charge in [-0.15, -0.1) is 0 Å². The van der Waals surface area contributed by atoms with Crippen molar-refractivity contribution in [3.63, 3.8) is 0 Å². The number of carbonyl (C=O) groups excluding carboxylic acids is 1. The molecule has 0 aromatic rings. The molecule has 13 heavy (non-hydrogen) atoms. The van der Waals surface area contributed by atoms with Crippen LogP contribution < -0.4 is 0 Å². The second-order valence-electron chi connectivity index (χ2n) is 2.76. The lowest BCUT2D eigenvalue weighted by atomic mass is 10.0. The van der Waals surface area contributed by atoms with Gasteiger partial charge in [-0.05, 0) is 0 Å². The predicted octanol–water partition coefficient (Wildman–Crippen LogP) is -2.36. The van der Waals surface area contributed by atoms with E-state index in [1.807, 2.05) is 0 Å². The topological polar surface area (TPSA) is 96.2 Å². The summed E-state index contributed by atoms with van der Waals surface area (Å²) in [4.78, 5) is 11.1. The fourth-order valence-electron chi connectivity index (χ4n) is 1.14. The summed E-state index contributed by atoms with van der Waals surface area (Å²) < 4.78 is 9.45. The van der Waals surface area contributed by atoms with Gasteiger partial charge < -0.3 is 24.8 Å². The molecule has 1 aliphatic heterocycles. The summed E-state index contributed by atoms with van der Waals surface area (Å²) in [5.41, 5.74) is 0. The van der Waals surface area contributed by atoms with Crippen LogP contribution in [0.4, 0.5) is 0 Å². The first-order valence-corrected chi connectivity index (χ1v) is 3.80. The van der Waals surface area contributed by atoms with E-state index in [4.69, 9.17) is 9.84 Å². The quantitative estimate of drug-likeness (QED) is 0.453. The zero-order valence-corrected chi connectivity index (χ0v) is 7.08. The first-order valence-electron chi connectivity index (χ1n) is 3.80. The standard InChI is InChI=1S/C7H12O6/c1-12-7-6(11)5(10)4(9)3(2-8)13-7/h3-5,7-10H,2H2,1H3/t3?,4-,5?,7+/m1/s1. The lowest BCUT2D eigenvalue weighted by Crippen LogP contribution is -2.56. The van der Waals surface area contributed by atoms with Crippen LogP contribution in [0.5, 0.6) is 0 Å². The summed E-state index contributed by atoms with van der Waals surface area (Å²) in [5, 5.41) is 27.1. The normalized spacial score (nSPS) is 40.8. The van der Waals surface area contributed by atoms with Gasteiger partial charge in [-0.1, -0.05) is 0 Å². The van der Waals surface area contributed by atoms with Crippen molar-refractivity contribution in [3.8, 4) is 0 Å². The summed E-state index contributed by atoms with van der Waals surface area (Å²) in [6.07, 6.45) is -5.16. The number of rotatable bonds is 2. The minimum absolute atomic E-state index is 0.481. The molecule has 6 heteroatoms. The number of Topliss-reactive ketones (excluding diaryl/α,β-unsaturated/α-hetero) is 1. The molecule has 0 amide bonds. The van der Waals surface area contributed by atoms with E-state index in [0.29, 0.717) is 0 Å². The highest BCUT2D eigenvalue weighted by Gasteiger charge is 2.43. The smallest absolute Gasteiger partial charge is 0.220 e. The van der Waals surface area contributed by atoms with Gasteiger partial charge in [0, 0.05) is 7.11 Å². The largest absolute Gasteiger partial charge is 0.394 e. The van der Waals surface area contributed by atoms with Crippen LogP contribution in [0.1, 0.15) is 0 Å². The van der Waals surface area contributed by atoms with Crippen LogP contribution in [0.3, 0.4) is 0 Å². The van der Waals surface area contributed by atoms with Gasteiger partial charge in [-0.3, -0.25) is 4.79 Å². The highest BCUT2D eigenvalue weighted by atomic mass is 16.7. The second kappa shape index (κ2) is 4.12. The Kier molecular flexibility index (Phi) is 3.34. The van der Waals surface area contributed by atoms with Gasteiger partial charge in [-0.2, -0.15) is 0 Å². The van der Waals surface area contributed by atoms with E-state index >= 15 is 0 Å². The number of ether oxygens (including phenoxy) is 2. The molecule has 1 rings (SSSR count). The third kappa shape index (κ3) is 1.87. The number of aliphatic hydroxyl groups excluding tert-OH is 3. The number of methoxy groups -OCH3 is 1. The van der Waals surface area contributed by atoms with Crippen LogP contribution in [0.15, 0.2) is 0 Å². The van der Waals surface area contributed by atoms with Crippen molar-refractivity contribution < 1.29 is 29.6 Å². The summed E-state index contributed by atoms with van der Waals surface area (Å²) >= 11 is 0. The summed E-state index contributed by atoms with van der Waals surface area (Å²) in [6.45, 7) is -0.481. The average Bonchev–Trinajstić information content (AvgIpc) is 2.15. The van der Waals surface area contributed by atoms with Crippen molar-refractivity contribution >= 4 is 5.78 Å². The summed E-state index contributed by atoms with van der Waals surface area (Å²) in [5.74, 6) is -0.736. The molecule has 2 unspecified atom stereocenters. The number of aliphatic hydroxyl groups is 3. The van der Waals surface area contributed by atoms with Gasteiger partial charge in [0.2, 0.25) is 12.1 Å². The molecule has 0 aromatic carbocycles. The molecular weight excluding hydrogens is 180 g/mol. The summed E-state index contributed by atoms with van der Waals surface area (Å²) in [6, 6.07) is 0. The lowest BCUT2D eigenvalue weighted by Gasteiger charge is -2.33. The zero-order chi connectivity index (χ0) is 10.0. The lowest BCUT2D eigenvalue weighted by molar-refractivity contribution is -0.233. The molecule has 1 saturated heterocycles. The maximum absolute atomic E-state index is 11.1. The summed E-state index contributed by atoms with van der Waals surface area (Å²) in [7, 11) is 1.24. The minimum atomic E-state index is -1.56. The highest BCUT2D eigenvalue weighted by molar-refractivity contribution is 5.87. The van der Waals surface area contributed by atoms with E-state index in [1.165, 1.54) is 7.11 Å². The Morgan fingerprint density at radius 2 is 2.15 bits per heavy atom. The maximum Gasteiger partial charge on any atom is 0.220 e. The van der Waals surface area contributed by atoms with Crippen molar-refractivity contribution in [3.05, 3.63) is 0 Å². The van der Waals surface area contributed by atoms with Crippen LogP contribution in [-0.2, 0) is 14.3 Å². The van der Waals surface area contributed by atoms with Crippen LogP contribution in [0.2, 0.25) is 0 Å². The van der Waals surface area contributed by atoms with E-state index in [-0.39, 0.29) is 0 Å². The molecule has 0 aromatic heterocycles. The Bertz CT molecular complexity index is 189. The van der Waals surface area contributed by atoms with Crippen LogP contribution >= 0.6 is 0 Å². The van der Waals surface area contributed by atoms with Gasteiger partial charge in [0.1, 0.15) is 18.3 Å². The van der Waals surface area contributed by atoms with Gasteiger partial charge in [0.05, 0.1) is 6.61 Å². The Hall–Kier alpha value is -0.530. The van der Waals surface area contributed by atoms with Gasteiger partial charge in [-0.25, -0.2) is 0 Å². The van der Waals surface area contributed by atoms with Gasteiger partial charge in [0.25, 0.3) is 0 Å². The van der Waals surface area contributed by atoms with E-state index in [1.54, 1.807) is 0 Å². The van der Waals surface area contributed by atoms with Crippen molar-refractivity contribution in [1.29, 1.82) is 0 Å². The van der Waals surface area contributed by atoms with Crippen LogP contribution in [0.25, 0.3) is 0 Å². The second-order valence-corrected chi connectivity index (χ2v) is 2.76. The molecule has 3 N–H and O–H groups in total. The van der Waals surface area contributed by atoms with E-state index in [0.717, 1.165) is 0 Å². The molecule has 1 fully saturated rings. The first kappa shape index (κ1) is 10.6. The SMILES string of the molecule is CO[C@H]1OC(CO)[C@@H](O)C(O)C1=O. The molecule has 0 radical (unpaired) electrons. The molecule has 0 aliphatic carbocycles. The number of ketones is 1. The Morgan fingerprint density at radius 3 is 2.62 bits per heavy atom. The van der Waals surface area contributed by atoms with Crippen LogP contribution in [-0.4, -0.2) is 59.4 Å². The Labute approximate surface area is 74.7 Å². The van der Waals surface area contributed by atoms with Gasteiger partial charge in [0.15, 0.2) is 0 Å². The third-order valence-corrected chi connectivity index (χ3v) is 1.92. The van der Waals surface area contributed by atoms with Crippen molar-refractivity contribution in [2.75, 3.05) is 13.7 Å². The molecule has 0 saturated carbocycles. The first-order chi connectivity index (χ1) is 6.11. The van der Waals surface area contributed by atoms with E-state index in [9.17, 15) is 15.0 Å².